The van der Waals surface area contributed by atoms with E-state index in [0.717, 1.165) is 50.0 Å². The first-order valence-corrected chi connectivity index (χ1v) is 10.2. The van der Waals surface area contributed by atoms with E-state index in [9.17, 15) is 13.2 Å². The number of alkyl halides is 3. The number of halogens is 3. The van der Waals surface area contributed by atoms with Gasteiger partial charge in [0, 0.05) is 42.9 Å². The summed E-state index contributed by atoms with van der Waals surface area (Å²) >= 11 is 0. The molecule has 0 aromatic carbocycles. The van der Waals surface area contributed by atoms with Gasteiger partial charge in [-0.3, -0.25) is 0 Å². The van der Waals surface area contributed by atoms with Crippen LogP contribution in [0.5, 0.6) is 0 Å². The minimum absolute atomic E-state index is 0.0944. The van der Waals surface area contributed by atoms with Crippen molar-refractivity contribution in [1.29, 1.82) is 0 Å². The van der Waals surface area contributed by atoms with E-state index in [2.05, 4.69) is 33.2 Å². The molecule has 0 amide bonds. The Hall–Kier alpha value is -2.64. The molecular formula is C22H28F3N5. The van der Waals surface area contributed by atoms with Crippen LogP contribution in [0.4, 0.5) is 24.8 Å². The molecule has 1 N–H and O–H groups in total. The Morgan fingerprint density at radius 3 is 2.67 bits per heavy atom. The third-order valence-corrected chi connectivity index (χ3v) is 5.38. The summed E-state index contributed by atoms with van der Waals surface area (Å²) < 4.78 is 39.1. The zero-order chi connectivity index (χ0) is 21.9. The van der Waals surface area contributed by atoms with E-state index in [1.165, 1.54) is 5.70 Å². The van der Waals surface area contributed by atoms with Crippen LogP contribution in [0.25, 0.3) is 0 Å². The number of likely N-dealkylation sites (tertiary alicyclic amines) is 1. The number of piperidine rings is 1. The highest BCUT2D eigenvalue weighted by atomic mass is 19.4. The van der Waals surface area contributed by atoms with Gasteiger partial charge in [0.2, 0.25) is 0 Å². The first-order valence-electron chi connectivity index (χ1n) is 10.2. The van der Waals surface area contributed by atoms with Crippen LogP contribution in [-0.2, 0) is 6.18 Å². The molecule has 1 saturated heterocycles. The van der Waals surface area contributed by atoms with E-state index in [1.54, 1.807) is 0 Å². The Morgan fingerprint density at radius 1 is 1.23 bits per heavy atom. The molecule has 1 aliphatic rings. The van der Waals surface area contributed by atoms with Gasteiger partial charge in [0.05, 0.1) is 11.3 Å². The van der Waals surface area contributed by atoms with E-state index in [0.29, 0.717) is 11.6 Å². The maximum atomic E-state index is 13.0. The van der Waals surface area contributed by atoms with Gasteiger partial charge in [-0.15, -0.1) is 0 Å². The molecule has 0 aliphatic carbocycles. The zero-order valence-corrected chi connectivity index (χ0v) is 17.8. The molecule has 0 bridgehead atoms. The fourth-order valence-electron chi connectivity index (χ4n) is 3.54. The lowest BCUT2D eigenvalue weighted by molar-refractivity contribution is -0.137. The van der Waals surface area contributed by atoms with Crippen LogP contribution in [0.2, 0.25) is 0 Å². The second kappa shape index (κ2) is 9.02. The minimum Gasteiger partial charge on any atom is -0.375 e. The van der Waals surface area contributed by atoms with Gasteiger partial charge in [-0.1, -0.05) is 19.9 Å². The van der Waals surface area contributed by atoms with Crippen molar-refractivity contribution in [3.63, 3.8) is 0 Å². The van der Waals surface area contributed by atoms with E-state index in [-0.39, 0.29) is 17.7 Å². The first kappa shape index (κ1) is 22.1. The Kier molecular flexibility index (Phi) is 6.63. The van der Waals surface area contributed by atoms with Crippen molar-refractivity contribution < 1.29 is 13.2 Å². The third-order valence-electron chi connectivity index (χ3n) is 5.38. The molecule has 5 nitrogen and oxygen atoms in total. The number of hydrogen-bond acceptors (Lipinski definition) is 5. The molecule has 0 spiro atoms. The summed E-state index contributed by atoms with van der Waals surface area (Å²) in [5, 5.41) is 2.95. The molecule has 1 unspecified atom stereocenters. The number of pyridine rings is 1. The maximum Gasteiger partial charge on any atom is 0.416 e. The second-order valence-corrected chi connectivity index (χ2v) is 7.96. The highest BCUT2D eigenvalue weighted by Crippen LogP contribution is 2.32. The number of hydrogen-bond donors (Lipinski definition) is 1. The monoisotopic (exact) mass is 419 g/mol. The van der Waals surface area contributed by atoms with Gasteiger partial charge in [0.1, 0.15) is 17.5 Å². The van der Waals surface area contributed by atoms with E-state index in [4.69, 9.17) is 4.98 Å². The molecule has 3 rings (SSSR count). The summed E-state index contributed by atoms with van der Waals surface area (Å²) in [5.41, 5.74) is 1.41. The van der Waals surface area contributed by atoms with Crippen LogP contribution >= 0.6 is 0 Å². The number of allylic oxidation sites excluding steroid dienone is 2. The summed E-state index contributed by atoms with van der Waals surface area (Å²) in [6.45, 7) is 10.0. The molecule has 162 valence electrons. The number of rotatable bonds is 5. The predicted molar refractivity (Wildman–Crippen MR) is 112 cm³/mol. The lowest BCUT2D eigenvalue weighted by Crippen LogP contribution is -2.33. The first-order chi connectivity index (χ1) is 14.2. The lowest BCUT2D eigenvalue weighted by atomic mass is 9.93. The molecule has 2 aromatic heterocycles. The molecule has 1 fully saturated rings. The Labute approximate surface area is 175 Å². The third kappa shape index (κ3) is 5.29. The van der Waals surface area contributed by atoms with E-state index < -0.39 is 11.7 Å². The SMILES string of the molecule is C/C=C(\C)N1CCCC(c2cc(Nc3cc(C(F)(F)F)ccn3)nc(C(C)C)n2)C1. The average Bonchev–Trinajstić information content (AvgIpc) is 2.72. The number of aromatic nitrogens is 3. The van der Waals surface area contributed by atoms with Gasteiger partial charge in [-0.05, 0) is 38.8 Å². The molecule has 1 aliphatic heterocycles. The summed E-state index contributed by atoms with van der Waals surface area (Å²) in [6, 6.07) is 3.79. The van der Waals surface area contributed by atoms with Crippen LogP contribution in [0.3, 0.4) is 0 Å². The van der Waals surface area contributed by atoms with Crippen LogP contribution in [0, 0.1) is 0 Å². The highest BCUT2D eigenvalue weighted by Gasteiger charge is 2.31. The van der Waals surface area contributed by atoms with Gasteiger partial charge < -0.3 is 10.2 Å². The number of nitrogens with zero attached hydrogens (tertiary/aromatic N) is 4. The van der Waals surface area contributed by atoms with Crippen molar-refractivity contribution in [2.45, 2.75) is 58.5 Å². The largest absolute Gasteiger partial charge is 0.416 e. The smallest absolute Gasteiger partial charge is 0.375 e. The van der Waals surface area contributed by atoms with Crippen molar-refractivity contribution in [2.75, 3.05) is 18.4 Å². The van der Waals surface area contributed by atoms with Crippen molar-refractivity contribution in [3.8, 4) is 0 Å². The van der Waals surface area contributed by atoms with Crippen LogP contribution < -0.4 is 5.32 Å². The van der Waals surface area contributed by atoms with Gasteiger partial charge in [-0.25, -0.2) is 15.0 Å². The molecule has 0 saturated carbocycles. The molecule has 0 radical (unpaired) electrons. The van der Waals surface area contributed by atoms with Crippen LogP contribution in [0.15, 0.2) is 36.2 Å². The molecule has 1 atom stereocenters. The highest BCUT2D eigenvalue weighted by molar-refractivity contribution is 5.53. The Balaban J connectivity index is 1.90. The topological polar surface area (TPSA) is 53.9 Å². The normalized spacial score (nSPS) is 18.1. The van der Waals surface area contributed by atoms with Gasteiger partial charge in [0.25, 0.3) is 0 Å². The summed E-state index contributed by atoms with van der Waals surface area (Å²) in [4.78, 5) is 15.7. The van der Waals surface area contributed by atoms with Crippen molar-refractivity contribution in [1.82, 2.24) is 19.9 Å². The van der Waals surface area contributed by atoms with E-state index >= 15 is 0 Å². The number of anilines is 2. The quantitative estimate of drug-likeness (QED) is 0.658. The fraction of sp³-hybridized carbons (Fsp3) is 0.500. The van der Waals surface area contributed by atoms with Crippen LogP contribution in [0.1, 0.15) is 69.5 Å². The second-order valence-electron chi connectivity index (χ2n) is 7.96. The molecule has 30 heavy (non-hydrogen) atoms. The molecular weight excluding hydrogens is 391 g/mol. The van der Waals surface area contributed by atoms with Crippen LogP contribution in [-0.4, -0.2) is 32.9 Å². The minimum atomic E-state index is -4.42. The summed E-state index contributed by atoms with van der Waals surface area (Å²) in [5.74, 6) is 1.58. The number of nitrogens with one attached hydrogen (secondary N) is 1. The fourth-order valence-corrected chi connectivity index (χ4v) is 3.54. The standard InChI is InChI=1S/C22H28F3N5/c1-5-15(4)30-10-6-7-16(13-30)18-12-20(29-21(27-18)14(2)3)28-19-11-17(8-9-26-19)22(23,24)25/h5,8-9,11-12,14,16H,6-7,10,13H2,1-4H3,(H,26,27,28,29)/b15-5+. The molecule has 3 heterocycles. The maximum absolute atomic E-state index is 13.0. The van der Waals surface area contributed by atoms with Crippen molar-refractivity contribution in [3.05, 3.63) is 53.3 Å². The zero-order valence-electron chi connectivity index (χ0n) is 17.8. The average molecular weight is 419 g/mol. The predicted octanol–water partition coefficient (Wildman–Crippen LogP) is 5.86. The summed E-state index contributed by atoms with van der Waals surface area (Å²) in [6.07, 6.45) is 0.914. The van der Waals surface area contributed by atoms with Gasteiger partial charge in [-0.2, -0.15) is 13.2 Å². The molecule has 8 heteroatoms. The molecule has 2 aromatic rings. The van der Waals surface area contributed by atoms with Gasteiger partial charge in [0.15, 0.2) is 0 Å². The van der Waals surface area contributed by atoms with Gasteiger partial charge >= 0.3 is 6.18 Å². The summed E-state index contributed by atoms with van der Waals surface area (Å²) in [7, 11) is 0. The van der Waals surface area contributed by atoms with E-state index in [1.807, 2.05) is 26.8 Å². The lowest BCUT2D eigenvalue weighted by Gasteiger charge is -2.35. The Bertz CT molecular complexity index is 908. The van der Waals surface area contributed by atoms with Crippen molar-refractivity contribution in [2.24, 2.45) is 0 Å². The Morgan fingerprint density at radius 2 is 2.00 bits per heavy atom. The van der Waals surface area contributed by atoms with Crippen molar-refractivity contribution >= 4 is 11.6 Å².